The molecule has 0 aliphatic carbocycles. The van der Waals surface area contributed by atoms with Crippen molar-refractivity contribution in [3.05, 3.63) is 35.1 Å². The molecule has 1 aliphatic rings. The van der Waals surface area contributed by atoms with Gasteiger partial charge >= 0.3 is 0 Å². The summed E-state index contributed by atoms with van der Waals surface area (Å²) in [5, 5.41) is 6.57. The Labute approximate surface area is 171 Å². The Bertz CT molecular complexity index is 627. The molecule has 1 aromatic rings. The summed E-state index contributed by atoms with van der Waals surface area (Å²) in [6.45, 7) is 4.13. The van der Waals surface area contributed by atoms with Gasteiger partial charge in [0.2, 0.25) is 5.91 Å². The minimum absolute atomic E-state index is 0. The molecule has 1 amide bonds. The lowest BCUT2D eigenvalue weighted by atomic mass is 10.1. The topological polar surface area (TPSA) is 66.0 Å². The van der Waals surface area contributed by atoms with E-state index in [9.17, 15) is 9.18 Å². The van der Waals surface area contributed by atoms with Gasteiger partial charge in [0.05, 0.1) is 6.61 Å². The molecule has 1 aromatic carbocycles. The number of rotatable bonds is 6. The van der Waals surface area contributed by atoms with E-state index in [1.165, 1.54) is 6.07 Å². The van der Waals surface area contributed by atoms with E-state index in [2.05, 4.69) is 15.6 Å². The van der Waals surface area contributed by atoms with Crippen molar-refractivity contribution >= 4 is 35.8 Å². The lowest BCUT2D eigenvalue weighted by Gasteiger charge is -2.19. The number of nitrogens with zero attached hydrogens (tertiary/aromatic N) is 2. The zero-order valence-corrected chi connectivity index (χ0v) is 17.9. The molecule has 1 atom stereocenters. The standard InChI is InChI=1S/C18H27FN4O2.HI/c1-4-17(24)23-8-7-15(11-23)22-18(20-2)21-10-13-5-6-16(19)14(9-13)12-25-3;/h5-6,9,15H,4,7-8,10-12H2,1-3H3,(H2,20,21,22);1H. The van der Waals surface area contributed by atoms with Gasteiger partial charge in [0, 0.05) is 51.8 Å². The molecule has 0 aromatic heterocycles. The molecule has 26 heavy (non-hydrogen) atoms. The first-order valence-corrected chi connectivity index (χ1v) is 8.58. The lowest BCUT2D eigenvalue weighted by molar-refractivity contribution is -0.129. The van der Waals surface area contributed by atoms with Crippen molar-refractivity contribution in [2.24, 2.45) is 4.99 Å². The number of benzene rings is 1. The Hall–Kier alpha value is -1.42. The molecule has 0 bridgehead atoms. The van der Waals surface area contributed by atoms with Crippen molar-refractivity contribution in [1.29, 1.82) is 0 Å². The van der Waals surface area contributed by atoms with Crippen molar-refractivity contribution in [3.8, 4) is 0 Å². The summed E-state index contributed by atoms with van der Waals surface area (Å²) in [5.41, 5.74) is 1.49. The highest BCUT2D eigenvalue weighted by Crippen LogP contribution is 2.12. The molecule has 1 aliphatic heterocycles. The van der Waals surface area contributed by atoms with Crippen molar-refractivity contribution < 1.29 is 13.9 Å². The molecule has 2 N–H and O–H groups in total. The van der Waals surface area contributed by atoms with Crippen LogP contribution in [-0.2, 0) is 22.7 Å². The van der Waals surface area contributed by atoms with Crippen molar-refractivity contribution in [1.82, 2.24) is 15.5 Å². The minimum atomic E-state index is -0.264. The van der Waals surface area contributed by atoms with Crippen LogP contribution in [0.3, 0.4) is 0 Å². The van der Waals surface area contributed by atoms with E-state index in [-0.39, 0.29) is 48.3 Å². The van der Waals surface area contributed by atoms with Gasteiger partial charge in [0.1, 0.15) is 5.82 Å². The zero-order valence-electron chi connectivity index (χ0n) is 15.5. The second-order valence-corrected chi connectivity index (χ2v) is 6.11. The molecule has 1 heterocycles. The summed E-state index contributed by atoms with van der Waals surface area (Å²) in [6.07, 6.45) is 1.44. The normalized spacial score (nSPS) is 17.0. The molecule has 8 heteroatoms. The fourth-order valence-electron chi connectivity index (χ4n) is 2.91. The molecule has 1 unspecified atom stereocenters. The number of carbonyl (C=O) groups excluding carboxylic acids is 1. The van der Waals surface area contributed by atoms with E-state index in [0.29, 0.717) is 31.0 Å². The maximum absolute atomic E-state index is 13.7. The van der Waals surface area contributed by atoms with Crippen molar-refractivity contribution in [3.63, 3.8) is 0 Å². The predicted octanol–water partition coefficient (Wildman–Crippen LogP) is 2.27. The van der Waals surface area contributed by atoms with Gasteiger partial charge in [-0.1, -0.05) is 13.0 Å². The smallest absolute Gasteiger partial charge is 0.222 e. The van der Waals surface area contributed by atoms with Crippen LogP contribution in [0.5, 0.6) is 0 Å². The highest BCUT2D eigenvalue weighted by Gasteiger charge is 2.25. The molecular formula is C18H28FIN4O2. The number of hydrogen-bond acceptors (Lipinski definition) is 3. The Kier molecular flexibility index (Phi) is 9.85. The number of carbonyl (C=O) groups is 1. The first-order valence-electron chi connectivity index (χ1n) is 8.58. The van der Waals surface area contributed by atoms with Crippen LogP contribution in [-0.4, -0.2) is 50.1 Å². The number of nitrogens with one attached hydrogen (secondary N) is 2. The summed E-state index contributed by atoms with van der Waals surface area (Å²) in [4.78, 5) is 17.9. The summed E-state index contributed by atoms with van der Waals surface area (Å²) in [7, 11) is 3.25. The maximum Gasteiger partial charge on any atom is 0.222 e. The van der Waals surface area contributed by atoms with E-state index in [1.807, 2.05) is 11.8 Å². The molecule has 0 saturated carbocycles. The van der Waals surface area contributed by atoms with Crippen LogP contribution in [0.2, 0.25) is 0 Å². The monoisotopic (exact) mass is 478 g/mol. The van der Waals surface area contributed by atoms with Gasteiger partial charge in [-0.05, 0) is 24.1 Å². The number of methoxy groups -OCH3 is 1. The molecule has 1 saturated heterocycles. The van der Waals surface area contributed by atoms with E-state index in [4.69, 9.17) is 4.74 Å². The molecule has 0 radical (unpaired) electrons. The predicted molar refractivity (Wildman–Crippen MR) is 111 cm³/mol. The van der Waals surface area contributed by atoms with Crippen LogP contribution in [0, 0.1) is 5.82 Å². The van der Waals surface area contributed by atoms with Gasteiger partial charge in [-0.15, -0.1) is 24.0 Å². The molecular weight excluding hydrogens is 450 g/mol. The number of halogens is 2. The molecule has 2 rings (SSSR count). The molecule has 0 spiro atoms. The van der Waals surface area contributed by atoms with Crippen LogP contribution in [0.4, 0.5) is 4.39 Å². The number of likely N-dealkylation sites (tertiary alicyclic amines) is 1. The third kappa shape index (κ3) is 6.39. The van der Waals surface area contributed by atoms with Gasteiger partial charge in [0.15, 0.2) is 5.96 Å². The number of guanidine groups is 1. The molecule has 6 nitrogen and oxygen atoms in total. The first-order chi connectivity index (χ1) is 12.1. The fraction of sp³-hybridized carbons (Fsp3) is 0.556. The third-order valence-corrected chi connectivity index (χ3v) is 4.28. The quantitative estimate of drug-likeness (QED) is 0.374. The van der Waals surface area contributed by atoms with Crippen LogP contribution >= 0.6 is 24.0 Å². The lowest BCUT2D eigenvalue weighted by Crippen LogP contribution is -2.44. The molecule has 1 fully saturated rings. The largest absolute Gasteiger partial charge is 0.380 e. The second-order valence-electron chi connectivity index (χ2n) is 6.11. The Morgan fingerprint density at radius 3 is 2.88 bits per heavy atom. The SMILES string of the molecule is CCC(=O)N1CCC(NC(=NC)NCc2ccc(F)c(COC)c2)C1.I. The van der Waals surface area contributed by atoms with Crippen LogP contribution in [0.15, 0.2) is 23.2 Å². The second kappa shape index (κ2) is 11.3. The Morgan fingerprint density at radius 1 is 1.46 bits per heavy atom. The van der Waals surface area contributed by atoms with Gasteiger partial charge in [-0.25, -0.2) is 4.39 Å². The van der Waals surface area contributed by atoms with E-state index < -0.39 is 0 Å². The third-order valence-electron chi connectivity index (χ3n) is 4.28. The fourth-order valence-corrected chi connectivity index (χ4v) is 2.91. The minimum Gasteiger partial charge on any atom is -0.380 e. The highest BCUT2D eigenvalue weighted by atomic mass is 127. The average Bonchev–Trinajstić information content (AvgIpc) is 3.09. The van der Waals surface area contributed by atoms with Crippen LogP contribution < -0.4 is 10.6 Å². The average molecular weight is 478 g/mol. The number of aliphatic imine (C=N–C) groups is 1. The zero-order chi connectivity index (χ0) is 18.2. The summed E-state index contributed by atoms with van der Waals surface area (Å²) in [5.74, 6) is 0.595. The van der Waals surface area contributed by atoms with Gasteiger partial charge in [-0.3, -0.25) is 9.79 Å². The van der Waals surface area contributed by atoms with E-state index in [1.54, 1.807) is 26.3 Å². The van der Waals surface area contributed by atoms with Gasteiger partial charge in [-0.2, -0.15) is 0 Å². The Morgan fingerprint density at radius 2 is 2.23 bits per heavy atom. The van der Waals surface area contributed by atoms with E-state index in [0.717, 1.165) is 18.5 Å². The summed E-state index contributed by atoms with van der Waals surface area (Å²) in [6, 6.07) is 5.17. The Balaban J connectivity index is 0.00000338. The van der Waals surface area contributed by atoms with Crippen LogP contribution in [0.25, 0.3) is 0 Å². The van der Waals surface area contributed by atoms with Crippen molar-refractivity contribution in [2.45, 2.75) is 39.0 Å². The summed E-state index contributed by atoms with van der Waals surface area (Å²) < 4.78 is 18.7. The number of amides is 1. The maximum atomic E-state index is 13.7. The first kappa shape index (κ1) is 22.6. The summed E-state index contributed by atoms with van der Waals surface area (Å²) >= 11 is 0. The highest BCUT2D eigenvalue weighted by molar-refractivity contribution is 14.0. The van der Waals surface area contributed by atoms with Crippen molar-refractivity contribution in [2.75, 3.05) is 27.2 Å². The van der Waals surface area contributed by atoms with Gasteiger partial charge in [0.25, 0.3) is 0 Å². The van der Waals surface area contributed by atoms with Gasteiger partial charge < -0.3 is 20.3 Å². The number of ether oxygens (including phenoxy) is 1. The number of hydrogen-bond donors (Lipinski definition) is 2. The van der Waals surface area contributed by atoms with E-state index >= 15 is 0 Å². The van der Waals surface area contributed by atoms with Crippen LogP contribution in [0.1, 0.15) is 30.9 Å². The molecule has 146 valence electrons.